The number of aryl methyl sites for hydroxylation is 2. The Morgan fingerprint density at radius 3 is 3.11 bits per heavy atom. The highest BCUT2D eigenvalue weighted by molar-refractivity contribution is 5.81. The Morgan fingerprint density at radius 1 is 1.32 bits per heavy atom. The molecule has 0 radical (unpaired) electrons. The Kier molecular flexibility index (Phi) is 2.19. The van der Waals surface area contributed by atoms with Crippen molar-refractivity contribution in [2.24, 2.45) is 5.73 Å². The number of nitrogens with zero attached hydrogens (tertiary/aromatic N) is 4. The molecule has 0 amide bonds. The van der Waals surface area contributed by atoms with Crippen molar-refractivity contribution in [2.45, 2.75) is 25.9 Å². The molecule has 0 fully saturated rings. The summed E-state index contributed by atoms with van der Waals surface area (Å²) >= 11 is 0. The summed E-state index contributed by atoms with van der Waals surface area (Å²) in [6.45, 7) is 1.30. The van der Waals surface area contributed by atoms with Crippen molar-refractivity contribution in [2.75, 3.05) is 0 Å². The fourth-order valence-corrected chi connectivity index (χ4v) is 2.60. The number of rotatable bonds is 2. The molecule has 19 heavy (non-hydrogen) atoms. The van der Waals surface area contributed by atoms with E-state index in [1.807, 2.05) is 12.1 Å². The summed E-state index contributed by atoms with van der Waals surface area (Å²) in [5.74, 6) is 2.20. The van der Waals surface area contributed by atoms with Gasteiger partial charge in [0.2, 0.25) is 11.7 Å². The highest BCUT2D eigenvalue weighted by Crippen LogP contribution is 2.26. The maximum Gasteiger partial charge on any atom is 0.240 e. The number of imidazole rings is 1. The largest absolute Gasteiger partial charge is 0.338 e. The van der Waals surface area contributed by atoms with Crippen LogP contribution in [0.5, 0.6) is 0 Å². The van der Waals surface area contributed by atoms with Gasteiger partial charge in [0.1, 0.15) is 5.82 Å². The topological polar surface area (TPSA) is 82.8 Å². The van der Waals surface area contributed by atoms with Crippen LogP contribution in [-0.4, -0.2) is 19.7 Å². The molecule has 0 atom stereocenters. The third-order valence-electron chi connectivity index (χ3n) is 3.51. The summed E-state index contributed by atoms with van der Waals surface area (Å²) in [6, 6.07) is 6.05. The number of hydrogen-bond acceptors (Lipinski definition) is 5. The number of nitrogens with two attached hydrogens (primary N) is 1. The standard InChI is InChI=1S/C13H13N5O/c14-7-12-16-13(17-19-12)8-3-4-9-10(6-8)18-5-1-2-11(18)15-9/h3-4,6H,1-2,5,7,14H2. The molecule has 6 heteroatoms. The van der Waals surface area contributed by atoms with Crippen LogP contribution in [0.3, 0.4) is 0 Å². The second-order valence-electron chi connectivity index (χ2n) is 4.70. The Hall–Kier alpha value is -2.21. The van der Waals surface area contributed by atoms with Gasteiger partial charge in [0.15, 0.2) is 0 Å². The number of aromatic nitrogens is 4. The van der Waals surface area contributed by atoms with Crippen molar-refractivity contribution in [3.63, 3.8) is 0 Å². The molecule has 6 nitrogen and oxygen atoms in total. The molecule has 1 aliphatic rings. The molecule has 0 saturated heterocycles. The highest BCUT2D eigenvalue weighted by atomic mass is 16.5. The molecule has 2 aromatic heterocycles. The number of hydrogen-bond donors (Lipinski definition) is 1. The van der Waals surface area contributed by atoms with Crippen molar-refractivity contribution < 1.29 is 4.52 Å². The molecular formula is C13H13N5O. The maximum absolute atomic E-state index is 5.48. The van der Waals surface area contributed by atoms with E-state index in [0.29, 0.717) is 11.7 Å². The molecule has 0 spiro atoms. The zero-order chi connectivity index (χ0) is 12.8. The van der Waals surface area contributed by atoms with Crippen molar-refractivity contribution in [1.82, 2.24) is 19.7 Å². The first-order chi connectivity index (χ1) is 9.35. The van der Waals surface area contributed by atoms with Crippen molar-refractivity contribution in [3.8, 4) is 11.4 Å². The molecule has 2 N–H and O–H groups in total. The van der Waals surface area contributed by atoms with Gasteiger partial charge in [0.05, 0.1) is 17.6 Å². The highest BCUT2D eigenvalue weighted by Gasteiger charge is 2.17. The zero-order valence-corrected chi connectivity index (χ0v) is 10.3. The zero-order valence-electron chi connectivity index (χ0n) is 10.3. The summed E-state index contributed by atoms with van der Waals surface area (Å²) in [4.78, 5) is 8.88. The van der Waals surface area contributed by atoms with E-state index in [9.17, 15) is 0 Å². The van der Waals surface area contributed by atoms with Gasteiger partial charge in [-0.25, -0.2) is 4.98 Å². The first kappa shape index (κ1) is 10.7. The predicted molar refractivity (Wildman–Crippen MR) is 69.2 cm³/mol. The maximum atomic E-state index is 5.48. The van der Waals surface area contributed by atoms with Crippen molar-refractivity contribution in [1.29, 1.82) is 0 Å². The third-order valence-corrected chi connectivity index (χ3v) is 3.51. The Labute approximate surface area is 109 Å². The lowest BCUT2D eigenvalue weighted by Crippen LogP contribution is -1.95. The summed E-state index contributed by atoms with van der Waals surface area (Å²) in [7, 11) is 0. The van der Waals surface area contributed by atoms with Crippen molar-refractivity contribution in [3.05, 3.63) is 29.9 Å². The lowest BCUT2D eigenvalue weighted by Gasteiger charge is -1.99. The van der Waals surface area contributed by atoms with Crippen LogP contribution in [0.25, 0.3) is 22.4 Å². The molecule has 96 valence electrons. The van der Waals surface area contributed by atoms with Crippen LogP contribution in [0, 0.1) is 0 Å². The van der Waals surface area contributed by atoms with Gasteiger partial charge < -0.3 is 14.8 Å². The molecule has 4 rings (SSSR count). The average molecular weight is 255 g/mol. The van der Waals surface area contributed by atoms with Gasteiger partial charge in [0.25, 0.3) is 0 Å². The van der Waals surface area contributed by atoms with E-state index in [4.69, 9.17) is 10.3 Å². The number of fused-ring (bicyclic) bond motifs is 3. The summed E-state index contributed by atoms with van der Waals surface area (Å²) in [5.41, 5.74) is 8.59. The van der Waals surface area contributed by atoms with E-state index >= 15 is 0 Å². The van der Waals surface area contributed by atoms with Gasteiger partial charge in [-0.05, 0) is 24.6 Å². The Balaban J connectivity index is 1.86. The van der Waals surface area contributed by atoms with E-state index in [1.54, 1.807) is 0 Å². The van der Waals surface area contributed by atoms with E-state index < -0.39 is 0 Å². The lowest BCUT2D eigenvalue weighted by atomic mass is 10.2. The number of benzene rings is 1. The van der Waals surface area contributed by atoms with Crippen LogP contribution in [0.15, 0.2) is 22.7 Å². The Bertz CT molecular complexity index is 758. The van der Waals surface area contributed by atoms with Gasteiger partial charge >= 0.3 is 0 Å². The van der Waals surface area contributed by atoms with Gasteiger partial charge in [0, 0.05) is 18.5 Å². The first-order valence-corrected chi connectivity index (χ1v) is 6.37. The minimum absolute atomic E-state index is 0.261. The minimum atomic E-state index is 0.261. The van der Waals surface area contributed by atoms with Crippen LogP contribution in [0.2, 0.25) is 0 Å². The van der Waals surface area contributed by atoms with Crippen LogP contribution in [-0.2, 0) is 19.5 Å². The van der Waals surface area contributed by atoms with E-state index in [2.05, 4.69) is 25.8 Å². The monoisotopic (exact) mass is 255 g/mol. The van der Waals surface area contributed by atoms with Gasteiger partial charge in [-0.3, -0.25) is 0 Å². The van der Waals surface area contributed by atoms with Crippen LogP contribution >= 0.6 is 0 Å². The van der Waals surface area contributed by atoms with Crippen LogP contribution in [0.1, 0.15) is 18.1 Å². The molecule has 0 bridgehead atoms. The quantitative estimate of drug-likeness (QED) is 0.750. The summed E-state index contributed by atoms with van der Waals surface area (Å²) < 4.78 is 7.31. The first-order valence-electron chi connectivity index (χ1n) is 6.37. The van der Waals surface area contributed by atoms with E-state index in [-0.39, 0.29) is 6.54 Å². The van der Waals surface area contributed by atoms with Gasteiger partial charge in [-0.1, -0.05) is 5.16 Å². The fraction of sp³-hybridized carbons (Fsp3) is 0.308. The van der Waals surface area contributed by atoms with Crippen molar-refractivity contribution >= 4 is 11.0 Å². The molecule has 1 aromatic carbocycles. The smallest absolute Gasteiger partial charge is 0.240 e. The fourth-order valence-electron chi connectivity index (χ4n) is 2.60. The molecule has 3 heterocycles. The molecule has 0 saturated carbocycles. The van der Waals surface area contributed by atoms with Gasteiger partial charge in [-0.15, -0.1) is 0 Å². The average Bonchev–Trinajstić information content (AvgIpc) is 3.13. The lowest BCUT2D eigenvalue weighted by molar-refractivity contribution is 0.380. The van der Waals surface area contributed by atoms with E-state index in [0.717, 1.165) is 29.6 Å². The molecular weight excluding hydrogens is 242 g/mol. The normalized spacial score (nSPS) is 14.2. The predicted octanol–water partition coefficient (Wildman–Crippen LogP) is 1.49. The molecule has 3 aromatic rings. The van der Waals surface area contributed by atoms with E-state index in [1.165, 1.54) is 12.2 Å². The second-order valence-corrected chi connectivity index (χ2v) is 4.70. The molecule has 1 aliphatic heterocycles. The summed E-state index contributed by atoms with van der Waals surface area (Å²) in [6.07, 6.45) is 2.23. The second kappa shape index (κ2) is 3.89. The molecule has 0 aliphatic carbocycles. The van der Waals surface area contributed by atoms with Crippen LogP contribution in [0.4, 0.5) is 0 Å². The molecule has 0 unspecified atom stereocenters. The summed E-state index contributed by atoms with van der Waals surface area (Å²) in [5, 5.41) is 3.95. The minimum Gasteiger partial charge on any atom is -0.338 e. The SMILES string of the molecule is NCc1nc(-c2ccc3nc4n(c3c2)CCC4)no1. The third kappa shape index (κ3) is 1.57. The van der Waals surface area contributed by atoms with Crippen LogP contribution < -0.4 is 5.73 Å². The Morgan fingerprint density at radius 2 is 2.26 bits per heavy atom. The van der Waals surface area contributed by atoms with Gasteiger partial charge in [-0.2, -0.15) is 4.98 Å².